The molecule has 0 saturated heterocycles. The summed E-state index contributed by atoms with van der Waals surface area (Å²) in [5.41, 5.74) is 1.11. The quantitative estimate of drug-likeness (QED) is 0.673. The van der Waals surface area contributed by atoms with Crippen LogP contribution in [0.2, 0.25) is 0 Å². The van der Waals surface area contributed by atoms with Gasteiger partial charge in [0.15, 0.2) is 0 Å². The maximum absolute atomic E-state index is 9.59. The Labute approximate surface area is 125 Å². The van der Waals surface area contributed by atoms with Gasteiger partial charge in [-0.15, -0.1) is 0 Å². The van der Waals surface area contributed by atoms with Crippen molar-refractivity contribution in [1.29, 1.82) is 0 Å². The van der Waals surface area contributed by atoms with Crippen LogP contribution in [0.15, 0.2) is 21.1 Å². The van der Waals surface area contributed by atoms with Crippen molar-refractivity contribution in [2.75, 3.05) is 19.8 Å². The predicted molar refractivity (Wildman–Crippen MR) is 80.9 cm³/mol. The van der Waals surface area contributed by atoms with Gasteiger partial charge in [-0.3, -0.25) is 0 Å². The molecular formula is C13H19Br2NO2. The van der Waals surface area contributed by atoms with E-state index in [4.69, 9.17) is 4.74 Å². The van der Waals surface area contributed by atoms with E-state index in [1.165, 1.54) is 6.42 Å². The van der Waals surface area contributed by atoms with Crippen molar-refractivity contribution < 1.29 is 9.84 Å². The molecule has 1 aromatic rings. The maximum Gasteiger partial charge on any atom is 0.143 e. The Morgan fingerprint density at radius 2 is 1.89 bits per heavy atom. The highest BCUT2D eigenvalue weighted by Gasteiger charge is 2.05. The molecule has 0 bridgehead atoms. The van der Waals surface area contributed by atoms with Gasteiger partial charge in [-0.2, -0.15) is 0 Å². The minimum absolute atomic E-state index is 0.238. The topological polar surface area (TPSA) is 41.5 Å². The van der Waals surface area contributed by atoms with Gasteiger partial charge >= 0.3 is 0 Å². The molecule has 102 valence electrons. The van der Waals surface area contributed by atoms with E-state index in [1.807, 2.05) is 12.1 Å². The summed E-state index contributed by atoms with van der Waals surface area (Å²) in [6.45, 7) is 5.32. The van der Waals surface area contributed by atoms with Crippen LogP contribution < -0.4 is 5.32 Å². The lowest BCUT2D eigenvalue weighted by molar-refractivity contribution is 0.133. The molecule has 0 aliphatic heterocycles. The van der Waals surface area contributed by atoms with Crippen LogP contribution in [0.1, 0.15) is 25.3 Å². The van der Waals surface area contributed by atoms with E-state index in [-0.39, 0.29) is 5.75 Å². The number of halogens is 2. The predicted octanol–water partition coefficient (Wildman–Crippen LogP) is 3.82. The summed E-state index contributed by atoms with van der Waals surface area (Å²) in [6, 6.07) is 3.82. The Bertz CT molecular complexity index is 349. The van der Waals surface area contributed by atoms with Crippen LogP contribution in [0.5, 0.6) is 5.75 Å². The van der Waals surface area contributed by atoms with Gasteiger partial charge in [0.05, 0.1) is 15.6 Å². The van der Waals surface area contributed by atoms with Crippen molar-refractivity contribution in [3.63, 3.8) is 0 Å². The number of hydrogen-bond acceptors (Lipinski definition) is 3. The Hall–Kier alpha value is -0.100. The summed E-state index contributed by atoms with van der Waals surface area (Å²) in [4.78, 5) is 0. The first-order valence-corrected chi connectivity index (χ1v) is 7.69. The number of nitrogens with one attached hydrogen (secondary N) is 1. The number of phenols is 1. The fraction of sp³-hybridized carbons (Fsp3) is 0.538. The summed E-state index contributed by atoms with van der Waals surface area (Å²) in [5.74, 6) is 0.238. The zero-order valence-electron chi connectivity index (χ0n) is 10.5. The van der Waals surface area contributed by atoms with E-state index in [2.05, 4.69) is 44.1 Å². The van der Waals surface area contributed by atoms with Crippen molar-refractivity contribution in [3.8, 4) is 5.75 Å². The number of benzene rings is 1. The summed E-state index contributed by atoms with van der Waals surface area (Å²) >= 11 is 6.63. The Morgan fingerprint density at radius 1 is 1.22 bits per heavy atom. The molecule has 5 heteroatoms. The van der Waals surface area contributed by atoms with Gasteiger partial charge in [-0.25, -0.2) is 0 Å². The van der Waals surface area contributed by atoms with Crippen LogP contribution in [0.4, 0.5) is 0 Å². The fourth-order valence-electron chi connectivity index (χ4n) is 1.45. The van der Waals surface area contributed by atoms with Crippen molar-refractivity contribution in [3.05, 3.63) is 26.6 Å². The molecule has 0 unspecified atom stereocenters. The second-order valence-electron chi connectivity index (χ2n) is 4.05. The first-order valence-electron chi connectivity index (χ1n) is 6.10. The monoisotopic (exact) mass is 379 g/mol. The summed E-state index contributed by atoms with van der Waals surface area (Å²) in [6.07, 6.45) is 2.29. The average Bonchev–Trinajstić information content (AvgIpc) is 2.34. The lowest BCUT2D eigenvalue weighted by atomic mass is 10.2. The van der Waals surface area contributed by atoms with Gasteiger partial charge < -0.3 is 15.2 Å². The minimum Gasteiger partial charge on any atom is -0.506 e. The summed E-state index contributed by atoms with van der Waals surface area (Å²) in [7, 11) is 0. The Morgan fingerprint density at radius 3 is 2.50 bits per heavy atom. The Kier molecular flexibility index (Phi) is 7.90. The third-order valence-corrected chi connectivity index (χ3v) is 3.68. The number of hydrogen-bond donors (Lipinski definition) is 2. The zero-order chi connectivity index (χ0) is 13.4. The van der Waals surface area contributed by atoms with Crippen LogP contribution >= 0.6 is 31.9 Å². The number of aromatic hydroxyl groups is 1. The van der Waals surface area contributed by atoms with Crippen molar-refractivity contribution in [1.82, 2.24) is 5.32 Å². The molecule has 0 amide bonds. The SMILES string of the molecule is CCCCOCCNCc1cc(Br)c(O)c(Br)c1. The van der Waals surface area contributed by atoms with E-state index in [0.29, 0.717) is 8.95 Å². The van der Waals surface area contributed by atoms with Crippen molar-refractivity contribution in [2.45, 2.75) is 26.3 Å². The number of rotatable bonds is 8. The molecule has 0 aromatic heterocycles. The number of phenolic OH excluding ortho intramolecular Hbond substituents is 1. The van der Waals surface area contributed by atoms with Gasteiger partial charge in [0.25, 0.3) is 0 Å². The second kappa shape index (κ2) is 8.91. The van der Waals surface area contributed by atoms with E-state index in [0.717, 1.165) is 38.3 Å². The van der Waals surface area contributed by atoms with Crippen LogP contribution in [-0.2, 0) is 11.3 Å². The third-order valence-electron chi connectivity index (χ3n) is 2.47. The summed E-state index contributed by atoms with van der Waals surface area (Å²) < 4.78 is 6.86. The largest absolute Gasteiger partial charge is 0.506 e. The molecule has 0 fully saturated rings. The minimum atomic E-state index is 0.238. The highest BCUT2D eigenvalue weighted by Crippen LogP contribution is 2.33. The van der Waals surface area contributed by atoms with E-state index in [9.17, 15) is 5.11 Å². The van der Waals surface area contributed by atoms with Crippen LogP contribution in [0, 0.1) is 0 Å². The molecule has 0 radical (unpaired) electrons. The molecule has 0 heterocycles. The lowest BCUT2D eigenvalue weighted by Gasteiger charge is -2.08. The molecule has 0 aliphatic carbocycles. The van der Waals surface area contributed by atoms with E-state index in [1.54, 1.807) is 0 Å². The smallest absolute Gasteiger partial charge is 0.143 e. The molecule has 1 aromatic carbocycles. The van der Waals surface area contributed by atoms with Gasteiger partial charge in [0, 0.05) is 19.7 Å². The van der Waals surface area contributed by atoms with Crippen molar-refractivity contribution >= 4 is 31.9 Å². The maximum atomic E-state index is 9.59. The van der Waals surface area contributed by atoms with Gasteiger partial charge in [-0.05, 0) is 56.0 Å². The lowest BCUT2D eigenvalue weighted by Crippen LogP contribution is -2.19. The van der Waals surface area contributed by atoms with Crippen LogP contribution in [0.25, 0.3) is 0 Å². The molecule has 0 atom stereocenters. The molecule has 1 rings (SSSR count). The number of unbranched alkanes of at least 4 members (excludes halogenated alkanes) is 1. The average molecular weight is 381 g/mol. The highest BCUT2D eigenvalue weighted by molar-refractivity contribution is 9.11. The molecule has 0 saturated carbocycles. The van der Waals surface area contributed by atoms with Crippen LogP contribution in [0.3, 0.4) is 0 Å². The van der Waals surface area contributed by atoms with Gasteiger partial charge in [-0.1, -0.05) is 13.3 Å². The first-order chi connectivity index (χ1) is 8.65. The Balaban J connectivity index is 2.23. The zero-order valence-corrected chi connectivity index (χ0v) is 13.7. The highest BCUT2D eigenvalue weighted by atomic mass is 79.9. The summed E-state index contributed by atoms with van der Waals surface area (Å²) in [5, 5.41) is 12.9. The van der Waals surface area contributed by atoms with E-state index >= 15 is 0 Å². The number of ether oxygens (including phenoxy) is 1. The van der Waals surface area contributed by atoms with Gasteiger partial charge in [0.2, 0.25) is 0 Å². The normalized spacial score (nSPS) is 10.8. The van der Waals surface area contributed by atoms with Gasteiger partial charge in [0.1, 0.15) is 5.75 Å². The molecule has 2 N–H and O–H groups in total. The molecule has 0 aliphatic rings. The molecular weight excluding hydrogens is 362 g/mol. The molecule has 18 heavy (non-hydrogen) atoms. The molecule has 0 spiro atoms. The molecule has 3 nitrogen and oxygen atoms in total. The third kappa shape index (κ3) is 5.69. The standard InChI is InChI=1S/C13H19Br2NO2/c1-2-3-5-18-6-4-16-9-10-7-11(14)13(17)12(15)8-10/h7-8,16-17H,2-6,9H2,1H3. The second-order valence-corrected chi connectivity index (χ2v) is 5.76. The van der Waals surface area contributed by atoms with Crippen molar-refractivity contribution in [2.24, 2.45) is 0 Å². The van der Waals surface area contributed by atoms with E-state index < -0.39 is 0 Å². The fourth-order valence-corrected chi connectivity index (χ4v) is 2.73. The van der Waals surface area contributed by atoms with Crippen LogP contribution in [-0.4, -0.2) is 24.9 Å². The first kappa shape index (κ1) is 16.0.